The van der Waals surface area contributed by atoms with Crippen LogP contribution in [0.25, 0.3) is 0 Å². The van der Waals surface area contributed by atoms with Gasteiger partial charge in [0.1, 0.15) is 0 Å². The number of aliphatic hydroxyl groups is 1. The van der Waals surface area contributed by atoms with Gasteiger partial charge in [0, 0.05) is 30.4 Å². The Balaban J connectivity index is 1.98. The molecule has 114 valence electrons. The maximum atomic E-state index is 12.3. The van der Waals surface area contributed by atoms with Gasteiger partial charge in [0.15, 0.2) is 5.60 Å². The van der Waals surface area contributed by atoms with Crippen molar-refractivity contribution in [1.29, 1.82) is 0 Å². The molecule has 0 aromatic heterocycles. The first-order chi connectivity index (χ1) is 9.82. The predicted octanol–water partition coefficient (Wildman–Crippen LogP) is 1.74. The van der Waals surface area contributed by atoms with E-state index in [-0.39, 0.29) is 31.8 Å². The SMILES string of the molecule is Cc1cc(Br)ccc1CC(=O)N1CCC(O)(C(=O)O)CC1. The second kappa shape index (κ2) is 6.15. The second-order valence-corrected chi connectivity index (χ2v) is 6.38. The Bertz CT molecular complexity index is 565. The number of piperidine rings is 1. The van der Waals surface area contributed by atoms with Crippen molar-refractivity contribution in [3.63, 3.8) is 0 Å². The molecule has 0 radical (unpaired) electrons. The maximum absolute atomic E-state index is 12.3. The number of hydrogen-bond donors (Lipinski definition) is 2. The zero-order chi connectivity index (χ0) is 15.6. The molecule has 1 aliphatic rings. The molecule has 0 saturated carbocycles. The molecule has 1 saturated heterocycles. The highest BCUT2D eigenvalue weighted by Crippen LogP contribution is 2.23. The Labute approximate surface area is 131 Å². The van der Waals surface area contributed by atoms with E-state index in [1.165, 1.54) is 0 Å². The molecule has 21 heavy (non-hydrogen) atoms. The average Bonchev–Trinajstić information content (AvgIpc) is 2.42. The molecule has 1 heterocycles. The third-order valence-corrected chi connectivity index (χ3v) is 4.48. The molecule has 0 bridgehead atoms. The minimum atomic E-state index is -1.69. The van der Waals surface area contributed by atoms with Gasteiger partial charge in [-0.1, -0.05) is 22.0 Å². The van der Waals surface area contributed by atoms with E-state index < -0.39 is 11.6 Å². The van der Waals surface area contributed by atoms with E-state index in [4.69, 9.17) is 5.11 Å². The van der Waals surface area contributed by atoms with Crippen LogP contribution in [0.15, 0.2) is 22.7 Å². The molecule has 2 rings (SSSR count). The first-order valence-corrected chi connectivity index (χ1v) is 7.60. The number of benzene rings is 1. The van der Waals surface area contributed by atoms with Crippen molar-refractivity contribution in [3.05, 3.63) is 33.8 Å². The van der Waals surface area contributed by atoms with Crippen molar-refractivity contribution < 1.29 is 19.8 Å². The number of aliphatic carboxylic acids is 1. The monoisotopic (exact) mass is 355 g/mol. The smallest absolute Gasteiger partial charge is 0.335 e. The minimum absolute atomic E-state index is 0.0344. The topological polar surface area (TPSA) is 77.8 Å². The number of nitrogens with zero attached hydrogens (tertiary/aromatic N) is 1. The molecule has 6 heteroatoms. The Hall–Kier alpha value is -1.40. The summed E-state index contributed by atoms with van der Waals surface area (Å²) in [6.45, 7) is 2.50. The summed E-state index contributed by atoms with van der Waals surface area (Å²) in [7, 11) is 0. The molecule has 0 aliphatic carbocycles. The van der Waals surface area contributed by atoms with Crippen molar-refractivity contribution in [2.45, 2.75) is 31.8 Å². The third-order valence-electron chi connectivity index (χ3n) is 3.99. The predicted molar refractivity (Wildman–Crippen MR) is 81.0 cm³/mol. The number of likely N-dealkylation sites (tertiary alicyclic amines) is 1. The molecule has 0 atom stereocenters. The number of carbonyl (C=O) groups excluding carboxylic acids is 1. The summed E-state index contributed by atoms with van der Waals surface area (Å²) >= 11 is 3.39. The number of carboxylic acid groups (broad SMARTS) is 1. The molecule has 1 aliphatic heterocycles. The molecule has 2 N–H and O–H groups in total. The summed E-state index contributed by atoms with van der Waals surface area (Å²) in [5, 5.41) is 18.8. The highest BCUT2D eigenvalue weighted by atomic mass is 79.9. The van der Waals surface area contributed by atoms with E-state index in [1.54, 1.807) is 4.90 Å². The van der Waals surface area contributed by atoms with E-state index in [2.05, 4.69) is 15.9 Å². The zero-order valence-electron chi connectivity index (χ0n) is 11.8. The van der Waals surface area contributed by atoms with Crippen molar-refractivity contribution in [3.8, 4) is 0 Å². The standard InChI is InChI=1S/C15H18BrNO4/c1-10-8-12(16)3-2-11(10)9-13(18)17-6-4-15(21,5-7-17)14(19)20/h2-3,8,21H,4-7,9H2,1H3,(H,19,20). The molecule has 0 spiro atoms. The highest BCUT2D eigenvalue weighted by molar-refractivity contribution is 9.10. The van der Waals surface area contributed by atoms with Gasteiger partial charge in [0.25, 0.3) is 0 Å². The van der Waals surface area contributed by atoms with Crippen LogP contribution in [0.5, 0.6) is 0 Å². The van der Waals surface area contributed by atoms with Gasteiger partial charge in [-0.2, -0.15) is 0 Å². The third kappa shape index (κ3) is 3.63. The number of rotatable bonds is 3. The lowest BCUT2D eigenvalue weighted by atomic mass is 9.91. The summed E-state index contributed by atoms with van der Waals surface area (Å²) in [5.74, 6) is -1.24. The number of carboxylic acids is 1. The van der Waals surface area contributed by atoms with E-state index in [0.29, 0.717) is 6.42 Å². The van der Waals surface area contributed by atoms with Crippen LogP contribution in [0, 0.1) is 6.92 Å². The number of halogens is 1. The summed E-state index contributed by atoms with van der Waals surface area (Å²) in [5.41, 5.74) is 0.309. The lowest BCUT2D eigenvalue weighted by Gasteiger charge is -2.35. The Kier molecular flexibility index (Phi) is 4.68. The van der Waals surface area contributed by atoms with Crippen LogP contribution in [-0.2, 0) is 16.0 Å². The molecule has 5 nitrogen and oxygen atoms in total. The number of amides is 1. The van der Waals surface area contributed by atoms with Crippen LogP contribution in [0.3, 0.4) is 0 Å². The normalized spacial score (nSPS) is 17.6. The van der Waals surface area contributed by atoms with Crippen molar-refractivity contribution in [1.82, 2.24) is 4.90 Å². The van der Waals surface area contributed by atoms with Gasteiger partial charge in [-0.25, -0.2) is 4.79 Å². The van der Waals surface area contributed by atoms with E-state index >= 15 is 0 Å². The van der Waals surface area contributed by atoms with E-state index in [1.807, 2.05) is 25.1 Å². The number of hydrogen-bond acceptors (Lipinski definition) is 3. The van der Waals surface area contributed by atoms with Gasteiger partial charge in [-0.15, -0.1) is 0 Å². The fraction of sp³-hybridized carbons (Fsp3) is 0.467. The van der Waals surface area contributed by atoms with Crippen molar-refractivity contribution >= 4 is 27.8 Å². The van der Waals surface area contributed by atoms with Gasteiger partial charge < -0.3 is 15.1 Å². The number of carbonyl (C=O) groups is 2. The fourth-order valence-electron chi connectivity index (χ4n) is 2.47. The average molecular weight is 356 g/mol. The minimum Gasteiger partial charge on any atom is -0.479 e. The van der Waals surface area contributed by atoms with Crippen LogP contribution >= 0.6 is 15.9 Å². The van der Waals surface area contributed by atoms with Gasteiger partial charge in [0.2, 0.25) is 5.91 Å². The molecule has 1 aromatic rings. The molecule has 1 amide bonds. The Morgan fingerprint density at radius 2 is 1.95 bits per heavy atom. The zero-order valence-corrected chi connectivity index (χ0v) is 13.4. The van der Waals surface area contributed by atoms with Gasteiger partial charge in [-0.05, 0) is 30.2 Å². The molecule has 1 aromatic carbocycles. The van der Waals surface area contributed by atoms with Crippen LogP contribution in [0.1, 0.15) is 24.0 Å². The van der Waals surface area contributed by atoms with Crippen molar-refractivity contribution in [2.24, 2.45) is 0 Å². The van der Waals surface area contributed by atoms with E-state index in [9.17, 15) is 14.7 Å². The largest absolute Gasteiger partial charge is 0.479 e. The Morgan fingerprint density at radius 3 is 2.48 bits per heavy atom. The van der Waals surface area contributed by atoms with E-state index in [0.717, 1.165) is 15.6 Å². The fourth-order valence-corrected chi connectivity index (χ4v) is 2.95. The molecular formula is C15H18BrNO4. The lowest BCUT2D eigenvalue weighted by molar-refractivity contribution is -0.165. The quantitative estimate of drug-likeness (QED) is 0.865. The van der Waals surface area contributed by atoms with Crippen molar-refractivity contribution in [2.75, 3.05) is 13.1 Å². The summed E-state index contributed by atoms with van der Waals surface area (Å²) in [6, 6.07) is 5.77. The first kappa shape index (κ1) is 16.0. The molecule has 0 unspecified atom stereocenters. The van der Waals surface area contributed by atoms with Crippen LogP contribution in [0.4, 0.5) is 0 Å². The Morgan fingerprint density at radius 1 is 1.33 bits per heavy atom. The number of aryl methyl sites for hydroxylation is 1. The molecular weight excluding hydrogens is 338 g/mol. The summed E-state index contributed by atoms with van der Waals surface area (Å²) < 4.78 is 0.973. The van der Waals surface area contributed by atoms with Crippen LogP contribution < -0.4 is 0 Å². The highest BCUT2D eigenvalue weighted by Gasteiger charge is 2.40. The maximum Gasteiger partial charge on any atom is 0.335 e. The van der Waals surface area contributed by atoms with Crippen LogP contribution in [-0.4, -0.2) is 45.7 Å². The van der Waals surface area contributed by atoms with Gasteiger partial charge in [-0.3, -0.25) is 4.79 Å². The lowest BCUT2D eigenvalue weighted by Crippen LogP contribution is -2.51. The van der Waals surface area contributed by atoms with Gasteiger partial charge in [0.05, 0.1) is 6.42 Å². The second-order valence-electron chi connectivity index (χ2n) is 5.47. The summed E-state index contributed by atoms with van der Waals surface area (Å²) in [4.78, 5) is 24.9. The molecule has 1 fully saturated rings. The summed E-state index contributed by atoms with van der Waals surface area (Å²) in [6.07, 6.45) is 0.450. The first-order valence-electron chi connectivity index (χ1n) is 6.80. The van der Waals surface area contributed by atoms with Crippen LogP contribution in [0.2, 0.25) is 0 Å². The van der Waals surface area contributed by atoms with Gasteiger partial charge >= 0.3 is 5.97 Å².